The third-order valence-corrected chi connectivity index (χ3v) is 3.28. The zero-order chi connectivity index (χ0) is 12.8. The SMILES string of the molecule is CC(O)C1Cc2ccc(C(F)(F)F)cc2N1C. The Labute approximate surface area is 97.7 Å². The summed E-state index contributed by atoms with van der Waals surface area (Å²) in [6.07, 6.45) is -4.30. The number of aliphatic hydroxyl groups excluding tert-OH is 1. The van der Waals surface area contributed by atoms with Gasteiger partial charge in [-0.1, -0.05) is 6.07 Å². The number of fused-ring (bicyclic) bond motifs is 1. The Balaban J connectivity index is 2.38. The largest absolute Gasteiger partial charge is 0.416 e. The fourth-order valence-electron chi connectivity index (χ4n) is 2.28. The molecular weight excluding hydrogens is 231 g/mol. The lowest BCUT2D eigenvalue weighted by Crippen LogP contribution is -2.37. The summed E-state index contributed by atoms with van der Waals surface area (Å²) in [4.78, 5) is 1.72. The van der Waals surface area contributed by atoms with Crippen molar-refractivity contribution in [2.24, 2.45) is 0 Å². The maximum atomic E-state index is 12.6. The molecule has 94 valence electrons. The van der Waals surface area contributed by atoms with Crippen molar-refractivity contribution >= 4 is 5.69 Å². The molecule has 1 N–H and O–H groups in total. The first-order valence-corrected chi connectivity index (χ1v) is 5.41. The standard InChI is InChI=1S/C12H14F3NO/c1-7(17)10-5-8-3-4-9(12(13,14)15)6-11(8)16(10)2/h3-4,6-7,10,17H,5H2,1-2H3. The molecule has 0 fully saturated rings. The van der Waals surface area contributed by atoms with E-state index >= 15 is 0 Å². The molecule has 2 unspecified atom stereocenters. The van der Waals surface area contributed by atoms with Crippen LogP contribution in [0.1, 0.15) is 18.1 Å². The van der Waals surface area contributed by atoms with Crippen LogP contribution < -0.4 is 4.90 Å². The van der Waals surface area contributed by atoms with Crippen molar-refractivity contribution in [2.75, 3.05) is 11.9 Å². The van der Waals surface area contributed by atoms with Gasteiger partial charge in [-0.25, -0.2) is 0 Å². The van der Waals surface area contributed by atoms with E-state index in [1.54, 1.807) is 18.9 Å². The summed E-state index contributed by atoms with van der Waals surface area (Å²) in [5, 5.41) is 9.56. The monoisotopic (exact) mass is 245 g/mol. The van der Waals surface area contributed by atoms with E-state index in [0.29, 0.717) is 12.1 Å². The van der Waals surface area contributed by atoms with Crippen molar-refractivity contribution in [1.29, 1.82) is 0 Å². The van der Waals surface area contributed by atoms with E-state index in [9.17, 15) is 18.3 Å². The first-order valence-electron chi connectivity index (χ1n) is 5.41. The fourth-order valence-corrected chi connectivity index (χ4v) is 2.28. The Kier molecular flexibility index (Phi) is 2.81. The van der Waals surface area contributed by atoms with Gasteiger partial charge in [0.05, 0.1) is 17.7 Å². The van der Waals surface area contributed by atoms with Crippen molar-refractivity contribution in [1.82, 2.24) is 0 Å². The van der Waals surface area contributed by atoms with Crippen LogP contribution in [0.4, 0.5) is 18.9 Å². The van der Waals surface area contributed by atoms with Crippen LogP contribution in [0.25, 0.3) is 0 Å². The molecule has 0 saturated heterocycles. The van der Waals surface area contributed by atoms with E-state index < -0.39 is 17.8 Å². The first kappa shape index (κ1) is 12.2. The van der Waals surface area contributed by atoms with Gasteiger partial charge in [-0.05, 0) is 31.0 Å². The third kappa shape index (κ3) is 2.11. The van der Waals surface area contributed by atoms with E-state index in [4.69, 9.17) is 0 Å². The molecule has 1 aliphatic heterocycles. The van der Waals surface area contributed by atoms with Gasteiger partial charge in [-0.3, -0.25) is 0 Å². The third-order valence-electron chi connectivity index (χ3n) is 3.28. The molecule has 2 nitrogen and oxygen atoms in total. The van der Waals surface area contributed by atoms with Gasteiger partial charge >= 0.3 is 6.18 Å². The minimum absolute atomic E-state index is 0.145. The van der Waals surface area contributed by atoms with E-state index in [0.717, 1.165) is 17.7 Å². The number of hydrogen-bond acceptors (Lipinski definition) is 2. The molecule has 2 atom stereocenters. The predicted octanol–water partition coefficient (Wildman–Crippen LogP) is 2.45. The van der Waals surface area contributed by atoms with Crippen LogP contribution in [0, 0.1) is 0 Å². The van der Waals surface area contributed by atoms with Gasteiger partial charge in [0.15, 0.2) is 0 Å². The van der Waals surface area contributed by atoms with Gasteiger partial charge in [-0.15, -0.1) is 0 Å². The molecule has 5 heteroatoms. The lowest BCUT2D eigenvalue weighted by atomic mass is 10.1. The highest BCUT2D eigenvalue weighted by molar-refractivity contribution is 5.61. The summed E-state index contributed by atoms with van der Waals surface area (Å²) >= 11 is 0. The van der Waals surface area contributed by atoms with Crippen LogP contribution in [-0.4, -0.2) is 24.3 Å². The fraction of sp³-hybridized carbons (Fsp3) is 0.500. The lowest BCUT2D eigenvalue weighted by Gasteiger charge is -2.25. The molecule has 1 aromatic carbocycles. The zero-order valence-corrected chi connectivity index (χ0v) is 9.62. The molecular formula is C12H14F3NO. The Morgan fingerprint density at radius 3 is 2.59 bits per heavy atom. The average molecular weight is 245 g/mol. The van der Waals surface area contributed by atoms with Crippen LogP contribution >= 0.6 is 0 Å². The number of rotatable bonds is 1. The maximum Gasteiger partial charge on any atom is 0.416 e. The minimum atomic E-state index is -4.32. The van der Waals surface area contributed by atoms with Gasteiger partial charge in [0.1, 0.15) is 0 Å². The first-order chi connectivity index (χ1) is 7.80. The number of alkyl halides is 3. The molecule has 0 bridgehead atoms. The van der Waals surface area contributed by atoms with Crippen molar-refractivity contribution in [3.05, 3.63) is 29.3 Å². The van der Waals surface area contributed by atoms with Crippen LogP contribution in [-0.2, 0) is 12.6 Å². The second-order valence-electron chi connectivity index (χ2n) is 4.46. The molecule has 2 rings (SSSR count). The molecule has 1 aliphatic rings. The van der Waals surface area contributed by atoms with Crippen molar-refractivity contribution < 1.29 is 18.3 Å². The topological polar surface area (TPSA) is 23.5 Å². The molecule has 0 aliphatic carbocycles. The summed E-state index contributed by atoms with van der Waals surface area (Å²) in [5.41, 5.74) is 0.770. The van der Waals surface area contributed by atoms with Gasteiger partial charge in [-0.2, -0.15) is 13.2 Å². The van der Waals surface area contributed by atoms with Crippen LogP contribution in [0.3, 0.4) is 0 Å². The summed E-state index contributed by atoms with van der Waals surface area (Å²) in [5.74, 6) is 0. The van der Waals surface area contributed by atoms with Gasteiger partial charge in [0.25, 0.3) is 0 Å². The number of likely N-dealkylation sites (N-methyl/N-ethyl adjacent to an activating group) is 1. The Hall–Kier alpha value is -1.23. The van der Waals surface area contributed by atoms with Crippen LogP contribution in [0.15, 0.2) is 18.2 Å². The van der Waals surface area contributed by atoms with Crippen molar-refractivity contribution in [3.63, 3.8) is 0 Å². The van der Waals surface area contributed by atoms with E-state index in [1.165, 1.54) is 6.07 Å². The summed E-state index contributed by atoms with van der Waals surface area (Å²) in [6.45, 7) is 1.65. The molecule has 0 aromatic heterocycles. The lowest BCUT2D eigenvalue weighted by molar-refractivity contribution is -0.137. The highest BCUT2D eigenvalue weighted by Crippen LogP contribution is 2.37. The Morgan fingerprint density at radius 1 is 1.41 bits per heavy atom. The molecule has 0 spiro atoms. The average Bonchev–Trinajstić information content (AvgIpc) is 2.54. The number of benzene rings is 1. The second kappa shape index (κ2) is 3.91. The van der Waals surface area contributed by atoms with E-state index in [-0.39, 0.29) is 6.04 Å². The van der Waals surface area contributed by atoms with Crippen LogP contribution in [0.2, 0.25) is 0 Å². The minimum Gasteiger partial charge on any atom is -0.391 e. The molecule has 0 radical (unpaired) electrons. The molecule has 1 aromatic rings. The molecule has 17 heavy (non-hydrogen) atoms. The quantitative estimate of drug-likeness (QED) is 0.821. The van der Waals surface area contributed by atoms with Crippen molar-refractivity contribution in [2.45, 2.75) is 31.7 Å². The number of halogens is 3. The predicted molar refractivity (Wildman–Crippen MR) is 59.0 cm³/mol. The van der Waals surface area contributed by atoms with E-state index in [1.807, 2.05) is 0 Å². The highest BCUT2D eigenvalue weighted by Gasteiger charge is 2.35. The Bertz CT molecular complexity index is 428. The molecule has 0 saturated carbocycles. The maximum absolute atomic E-state index is 12.6. The highest BCUT2D eigenvalue weighted by atomic mass is 19.4. The van der Waals surface area contributed by atoms with E-state index in [2.05, 4.69) is 0 Å². The normalized spacial score (nSPS) is 21.5. The summed E-state index contributed by atoms with van der Waals surface area (Å²) < 4.78 is 37.7. The van der Waals surface area contributed by atoms with Gasteiger partial charge in [0.2, 0.25) is 0 Å². The van der Waals surface area contributed by atoms with Crippen molar-refractivity contribution in [3.8, 4) is 0 Å². The second-order valence-corrected chi connectivity index (χ2v) is 4.46. The van der Waals surface area contributed by atoms with Gasteiger partial charge in [0, 0.05) is 12.7 Å². The Morgan fingerprint density at radius 2 is 2.06 bits per heavy atom. The number of nitrogens with zero attached hydrogens (tertiary/aromatic N) is 1. The number of aliphatic hydroxyl groups is 1. The molecule has 1 heterocycles. The summed E-state index contributed by atoms with van der Waals surface area (Å²) in [6, 6.07) is 3.60. The van der Waals surface area contributed by atoms with Crippen LogP contribution in [0.5, 0.6) is 0 Å². The number of hydrogen-bond donors (Lipinski definition) is 1. The van der Waals surface area contributed by atoms with Gasteiger partial charge < -0.3 is 10.0 Å². The summed E-state index contributed by atoms with van der Waals surface area (Å²) in [7, 11) is 1.71. The zero-order valence-electron chi connectivity index (χ0n) is 9.62. The molecule has 0 amide bonds. The number of anilines is 1. The smallest absolute Gasteiger partial charge is 0.391 e.